The van der Waals surface area contributed by atoms with E-state index in [1.165, 1.54) is 18.2 Å². The topological polar surface area (TPSA) is 95.5 Å². The summed E-state index contributed by atoms with van der Waals surface area (Å²) in [4.78, 5) is 12.0. The molecule has 9 heteroatoms. The van der Waals surface area contributed by atoms with E-state index in [0.717, 1.165) is 0 Å². The number of urea groups is 1. The van der Waals surface area contributed by atoms with Crippen LogP contribution in [0.5, 0.6) is 5.75 Å². The molecule has 0 aliphatic carbocycles. The van der Waals surface area contributed by atoms with Gasteiger partial charge in [0.25, 0.3) is 0 Å². The number of amides is 2. The van der Waals surface area contributed by atoms with Crippen molar-refractivity contribution in [2.24, 2.45) is 0 Å². The number of phenolic OH excluding ortho intramolecular Hbond substituents is 1. The predicted molar refractivity (Wildman–Crippen MR) is 97.6 cm³/mol. The molecule has 0 bridgehead atoms. The zero-order chi connectivity index (χ0) is 18.2. The van der Waals surface area contributed by atoms with Crippen molar-refractivity contribution < 1.29 is 18.3 Å². The van der Waals surface area contributed by atoms with Gasteiger partial charge in [0.15, 0.2) is 15.6 Å². The van der Waals surface area contributed by atoms with Gasteiger partial charge in [0, 0.05) is 5.02 Å². The van der Waals surface area contributed by atoms with E-state index in [1.807, 2.05) is 0 Å². The molecule has 1 aliphatic rings. The molecule has 0 radical (unpaired) electrons. The molecular formula is C16H14Cl2N2O4S. The molecule has 1 heterocycles. The molecular weight excluding hydrogens is 387 g/mol. The van der Waals surface area contributed by atoms with E-state index in [1.54, 1.807) is 12.1 Å². The molecule has 1 aliphatic heterocycles. The number of fused-ring (bicyclic) bond motifs is 1. The summed E-state index contributed by atoms with van der Waals surface area (Å²) in [5.74, 6) is -0.474. The molecule has 2 aromatic carbocycles. The van der Waals surface area contributed by atoms with Crippen LogP contribution < -0.4 is 10.6 Å². The average molecular weight is 401 g/mol. The first-order valence-electron chi connectivity index (χ1n) is 7.38. The van der Waals surface area contributed by atoms with Gasteiger partial charge in [-0.05, 0) is 42.7 Å². The maximum Gasteiger partial charge on any atom is 0.323 e. The van der Waals surface area contributed by atoms with Crippen LogP contribution in [-0.2, 0) is 16.3 Å². The fraction of sp³-hybridized carbons (Fsp3) is 0.188. The summed E-state index contributed by atoms with van der Waals surface area (Å²) in [6.45, 7) is 0. The summed E-state index contributed by atoms with van der Waals surface area (Å²) in [6, 6.07) is 6.96. The van der Waals surface area contributed by atoms with Crippen LogP contribution in [0.15, 0.2) is 35.2 Å². The molecule has 0 unspecified atom stereocenters. The number of aryl methyl sites for hydroxylation is 1. The van der Waals surface area contributed by atoms with Crippen molar-refractivity contribution in [3.63, 3.8) is 0 Å². The number of phenols is 1. The average Bonchev–Trinajstić information content (AvgIpc) is 2.52. The number of sulfone groups is 1. The van der Waals surface area contributed by atoms with E-state index in [4.69, 9.17) is 23.2 Å². The van der Waals surface area contributed by atoms with Crippen LogP contribution in [0.2, 0.25) is 10.0 Å². The van der Waals surface area contributed by atoms with Crippen LogP contribution >= 0.6 is 23.2 Å². The van der Waals surface area contributed by atoms with E-state index in [-0.39, 0.29) is 21.4 Å². The Morgan fingerprint density at radius 2 is 1.76 bits per heavy atom. The summed E-state index contributed by atoms with van der Waals surface area (Å²) in [5, 5.41) is 15.9. The maximum absolute atomic E-state index is 12.2. The molecule has 2 aromatic rings. The van der Waals surface area contributed by atoms with E-state index < -0.39 is 21.6 Å². The lowest BCUT2D eigenvalue weighted by Crippen LogP contribution is -2.21. The van der Waals surface area contributed by atoms with Crippen LogP contribution in [0.3, 0.4) is 0 Å². The molecule has 25 heavy (non-hydrogen) atoms. The number of anilines is 2. The Kier molecular flexibility index (Phi) is 4.81. The van der Waals surface area contributed by atoms with Gasteiger partial charge in [-0.25, -0.2) is 13.2 Å². The summed E-state index contributed by atoms with van der Waals surface area (Å²) < 4.78 is 24.4. The smallest absolute Gasteiger partial charge is 0.323 e. The number of hydrogen-bond acceptors (Lipinski definition) is 4. The van der Waals surface area contributed by atoms with Crippen molar-refractivity contribution in [1.82, 2.24) is 0 Å². The molecule has 0 spiro atoms. The Hall–Kier alpha value is -1.96. The van der Waals surface area contributed by atoms with Crippen molar-refractivity contribution in [3.05, 3.63) is 45.9 Å². The second kappa shape index (κ2) is 6.74. The third-order valence-electron chi connectivity index (χ3n) is 3.81. The molecule has 3 rings (SSSR count). The fourth-order valence-electron chi connectivity index (χ4n) is 2.68. The minimum absolute atomic E-state index is 0.00631. The third-order valence-corrected chi connectivity index (χ3v) is 6.26. The maximum atomic E-state index is 12.2. The zero-order valence-electron chi connectivity index (χ0n) is 12.8. The lowest BCUT2D eigenvalue weighted by Gasteiger charge is -2.19. The molecule has 0 atom stereocenters. The Balaban J connectivity index is 1.85. The number of hydrogen-bond donors (Lipinski definition) is 3. The summed E-state index contributed by atoms with van der Waals surface area (Å²) in [5.41, 5.74) is 0.885. The lowest BCUT2D eigenvalue weighted by atomic mass is 10.1. The molecule has 132 valence electrons. The quantitative estimate of drug-likeness (QED) is 0.662. The zero-order valence-corrected chi connectivity index (χ0v) is 15.2. The number of rotatable bonds is 2. The van der Waals surface area contributed by atoms with E-state index in [0.29, 0.717) is 29.1 Å². The van der Waals surface area contributed by atoms with Crippen LogP contribution in [0.4, 0.5) is 16.2 Å². The first kappa shape index (κ1) is 17.8. The van der Waals surface area contributed by atoms with Crippen molar-refractivity contribution in [2.75, 3.05) is 16.4 Å². The van der Waals surface area contributed by atoms with Gasteiger partial charge in [-0.3, -0.25) is 0 Å². The van der Waals surface area contributed by atoms with Gasteiger partial charge < -0.3 is 15.7 Å². The molecule has 0 saturated carbocycles. The monoisotopic (exact) mass is 400 g/mol. The Morgan fingerprint density at radius 3 is 2.48 bits per heavy atom. The van der Waals surface area contributed by atoms with Crippen molar-refractivity contribution >= 4 is 50.4 Å². The highest BCUT2D eigenvalue weighted by Crippen LogP contribution is 2.38. The Morgan fingerprint density at radius 1 is 1.08 bits per heavy atom. The SMILES string of the molecule is O=C(Nc1ccc(Cl)cc1Cl)Nc1ccc2c(c1O)S(=O)(=O)CCC2. The highest BCUT2D eigenvalue weighted by molar-refractivity contribution is 7.91. The minimum Gasteiger partial charge on any atom is -0.504 e. The number of nitrogens with one attached hydrogen (secondary N) is 2. The highest BCUT2D eigenvalue weighted by atomic mass is 35.5. The summed E-state index contributed by atoms with van der Waals surface area (Å²) in [6.07, 6.45) is 1.08. The molecule has 3 N–H and O–H groups in total. The standard InChI is InChI=1S/C16H14Cl2N2O4S/c17-10-4-6-12(11(18)8-10)19-16(22)20-13-5-3-9-2-1-7-25(23,24)15(9)14(13)21/h3-6,8,21H,1-2,7H2,(H2,19,20,22). The summed E-state index contributed by atoms with van der Waals surface area (Å²) >= 11 is 11.8. The normalized spacial score (nSPS) is 15.3. The first-order chi connectivity index (χ1) is 11.8. The number of benzene rings is 2. The second-order valence-electron chi connectivity index (χ2n) is 5.58. The van der Waals surface area contributed by atoms with Crippen LogP contribution in [0.25, 0.3) is 0 Å². The van der Waals surface area contributed by atoms with Crippen molar-refractivity contribution in [3.8, 4) is 5.75 Å². The van der Waals surface area contributed by atoms with Gasteiger partial charge in [-0.1, -0.05) is 29.3 Å². The molecule has 0 aromatic heterocycles. The largest absolute Gasteiger partial charge is 0.504 e. The Labute approximate surface area is 154 Å². The second-order valence-corrected chi connectivity index (χ2v) is 8.47. The Bertz CT molecular complexity index is 961. The van der Waals surface area contributed by atoms with Gasteiger partial charge in [0.2, 0.25) is 0 Å². The molecule has 0 fully saturated rings. The highest BCUT2D eigenvalue weighted by Gasteiger charge is 2.29. The van der Waals surface area contributed by atoms with Crippen molar-refractivity contribution in [2.45, 2.75) is 17.7 Å². The molecule has 0 saturated heterocycles. The van der Waals surface area contributed by atoms with Crippen LogP contribution in [0.1, 0.15) is 12.0 Å². The first-order valence-corrected chi connectivity index (χ1v) is 9.79. The number of carbonyl (C=O) groups excluding carboxylic acids is 1. The predicted octanol–water partition coefficient (Wildman–Crippen LogP) is 4.06. The fourth-order valence-corrected chi connectivity index (χ4v) is 4.84. The number of halogens is 2. The molecule has 2 amide bonds. The van der Waals surface area contributed by atoms with Gasteiger partial charge in [-0.2, -0.15) is 0 Å². The van der Waals surface area contributed by atoms with E-state index in [2.05, 4.69) is 10.6 Å². The third kappa shape index (κ3) is 3.68. The molecule has 6 nitrogen and oxygen atoms in total. The van der Waals surface area contributed by atoms with Gasteiger partial charge >= 0.3 is 6.03 Å². The lowest BCUT2D eigenvalue weighted by molar-refractivity contribution is 0.262. The van der Waals surface area contributed by atoms with Crippen LogP contribution in [0, 0.1) is 0 Å². The summed E-state index contributed by atoms with van der Waals surface area (Å²) in [7, 11) is -3.56. The van der Waals surface area contributed by atoms with Crippen LogP contribution in [-0.4, -0.2) is 25.3 Å². The van der Waals surface area contributed by atoms with Gasteiger partial charge in [0.1, 0.15) is 4.90 Å². The minimum atomic E-state index is -3.56. The van der Waals surface area contributed by atoms with Gasteiger partial charge in [-0.15, -0.1) is 0 Å². The number of carbonyl (C=O) groups is 1. The number of aromatic hydroxyl groups is 1. The van der Waals surface area contributed by atoms with E-state index >= 15 is 0 Å². The van der Waals surface area contributed by atoms with E-state index in [9.17, 15) is 18.3 Å². The van der Waals surface area contributed by atoms with Gasteiger partial charge in [0.05, 0.1) is 22.2 Å². The van der Waals surface area contributed by atoms with Crippen molar-refractivity contribution in [1.29, 1.82) is 0 Å².